The third-order valence-electron chi connectivity index (χ3n) is 4.22. The van der Waals surface area contributed by atoms with Crippen LogP contribution in [0.25, 0.3) is 0 Å². The number of carbonyl (C=O) groups is 2. The summed E-state index contributed by atoms with van der Waals surface area (Å²) in [5, 5.41) is 16.8. The number of phenols is 1. The van der Waals surface area contributed by atoms with Crippen LogP contribution in [0, 0.1) is 13.8 Å². The summed E-state index contributed by atoms with van der Waals surface area (Å²) in [5.74, 6) is -0.576. The van der Waals surface area contributed by atoms with Crippen LogP contribution in [-0.2, 0) is 16.0 Å². The monoisotopic (exact) mass is 409 g/mol. The highest BCUT2D eigenvalue weighted by atomic mass is 16.5. The molecule has 2 aromatic carbocycles. The van der Waals surface area contributed by atoms with Crippen molar-refractivity contribution in [2.24, 2.45) is 5.10 Å². The van der Waals surface area contributed by atoms with Gasteiger partial charge in [0.15, 0.2) is 11.5 Å². The molecule has 3 N–H and O–H groups in total. The number of hydrazone groups is 1. The number of hydrogen-bond donors (Lipinski definition) is 3. The summed E-state index contributed by atoms with van der Waals surface area (Å²) in [4.78, 5) is 24.1. The Kier molecular flexibility index (Phi) is 8.17. The third-order valence-corrected chi connectivity index (χ3v) is 4.22. The summed E-state index contributed by atoms with van der Waals surface area (Å²) in [6.07, 6.45) is 3.20. The topological polar surface area (TPSA) is 100 Å². The van der Waals surface area contributed by atoms with Gasteiger partial charge in [0, 0.05) is 11.3 Å². The van der Waals surface area contributed by atoms with E-state index < -0.39 is 11.8 Å². The second-order valence-electron chi connectivity index (χ2n) is 6.79. The van der Waals surface area contributed by atoms with E-state index >= 15 is 0 Å². The second-order valence-corrected chi connectivity index (χ2v) is 6.79. The van der Waals surface area contributed by atoms with Crippen LogP contribution in [0.15, 0.2) is 48.1 Å². The first-order valence-corrected chi connectivity index (χ1v) is 9.62. The molecule has 7 nitrogen and oxygen atoms in total. The van der Waals surface area contributed by atoms with Gasteiger partial charge in [0.25, 0.3) is 0 Å². The number of hydrogen-bond acceptors (Lipinski definition) is 5. The summed E-state index contributed by atoms with van der Waals surface area (Å²) in [7, 11) is 0. The first kappa shape index (κ1) is 22.7. The molecule has 0 aromatic heterocycles. The molecule has 0 aliphatic carbocycles. The fourth-order valence-corrected chi connectivity index (χ4v) is 2.85. The Morgan fingerprint density at radius 3 is 2.63 bits per heavy atom. The molecule has 2 rings (SSSR count). The molecule has 0 radical (unpaired) electrons. The van der Waals surface area contributed by atoms with Gasteiger partial charge in [0.2, 0.25) is 11.8 Å². The molecule has 0 aliphatic heterocycles. The number of allylic oxidation sites excluding steroid dienone is 1. The lowest BCUT2D eigenvalue weighted by atomic mass is 10.1. The molecule has 0 atom stereocenters. The molecule has 158 valence electrons. The van der Waals surface area contributed by atoms with Crippen molar-refractivity contribution in [1.29, 1.82) is 0 Å². The molecule has 30 heavy (non-hydrogen) atoms. The summed E-state index contributed by atoms with van der Waals surface area (Å²) < 4.78 is 5.43. The standard InChI is InChI=1S/C23H27N3O4/c1-5-7-18-11-17(12-20(23(18)29)30-6-2)14-24-26-22(28)13-21(27)25-19-9-8-15(3)10-16(19)4/h5,8-12,14,29H,1,6-7,13H2,2-4H3,(H,25,27)(H,26,28). The molecule has 2 aromatic rings. The van der Waals surface area contributed by atoms with Gasteiger partial charge < -0.3 is 15.2 Å². The molecule has 0 bridgehead atoms. The van der Waals surface area contributed by atoms with Gasteiger partial charge in [0.1, 0.15) is 6.42 Å². The highest BCUT2D eigenvalue weighted by Crippen LogP contribution is 2.31. The minimum Gasteiger partial charge on any atom is -0.504 e. The number of nitrogens with zero attached hydrogens (tertiary/aromatic N) is 1. The minimum atomic E-state index is -0.538. The zero-order valence-corrected chi connectivity index (χ0v) is 17.5. The number of anilines is 1. The molecule has 0 heterocycles. The lowest BCUT2D eigenvalue weighted by Gasteiger charge is -2.11. The van der Waals surface area contributed by atoms with Crippen LogP contribution >= 0.6 is 0 Å². The predicted octanol–water partition coefficient (Wildman–Crippen LogP) is 3.62. The summed E-state index contributed by atoms with van der Waals surface area (Å²) in [6.45, 7) is 9.75. The number of rotatable bonds is 9. The second kappa shape index (κ2) is 10.8. The van der Waals surface area contributed by atoms with Gasteiger partial charge in [-0.1, -0.05) is 23.8 Å². The first-order valence-electron chi connectivity index (χ1n) is 9.62. The average molecular weight is 409 g/mol. The van der Waals surface area contributed by atoms with Crippen LogP contribution in [0.4, 0.5) is 5.69 Å². The number of aromatic hydroxyl groups is 1. The van der Waals surface area contributed by atoms with E-state index in [4.69, 9.17) is 4.74 Å². The van der Waals surface area contributed by atoms with E-state index in [1.807, 2.05) is 32.9 Å². The van der Waals surface area contributed by atoms with Gasteiger partial charge in [-0.2, -0.15) is 5.10 Å². The maximum atomic E-state index is 12.1. The summed E-state index contributed by atoms with van der Waals surface area (Å²) in [5.41, 5.74) is 6.29. The number of amides is 2. The fourth-order valence-electron chi connectivity index (χ4n) is 2.85. The molecule has 0 saturated heterocycles. The van der Waals surface area contributed by atoms with Crippen molar-refractivity contribution in [3.05, 3.63) is 65.2 Å². The predicted molar refractivity (Wildman–Crippen MR) is 118 cm³/mol. The molecule has 0 saturated carbocycles. The number of ether oxygens (including phenoxy) is 1. The van der Waals surface area contributed by atoms with E-state index in [0.717, 1.165) is 11.1 Å². The molecular formula is C23H27N3O4. The van der Waals surface area contributed by atoms with Crippen LogP contribution < -0.4 is 15.5 Å². The van der Waals surface area contributed by atoms with Crippen molar-refractivity contribution in [2.75, 3.05) is 11.9 Å². The molecular weight excluding hydrogens is 382 g/mol. The van der Waals surface area contributed by atoms with Crippen molar-refractivity contribution in [1.82, 2.24) is 5.43 Å². The van der Waals surface area contributed by atoms with Crippen molar-refractivity contribution in [3.63, 3.8) is 0 Å². The summed E-state index contributed by atoms with van der Waals surface area (Å²) in [6, 6.07) is 8.99. The molecule has 2 amide bonds. The molecule has 0 fully saturated rings. The first-order chi connectivity index (χ1) is 14.3. The van der Waals surface area contributed by atoms with E-state index in [1.165, 1.54) is 6.21 Å². The van der Waals surface area contributed by atoms with E-state index in [9.17, 15) is 14.7 Å². The number of nitrogens with one attached hydrogen (secondary N) is 2. The highest BCUT2D eigenvalue weighted by Gasteiger charge is 2.11. The maximum Gasteiger partial charge on any atom is 0.249 e. The number of carbonyl (C=O) groups excluding carboxylic acids is 2. The average Bonchev–Trinajstić information content (AvgIpc) is 2.68. The Labute approximate surface area is 176 Å². The lowest BCUT2D eigenvalue weighted by molar-refractivity contribution is -0.126. The normalized spacial score (nSPS) is 10.6. The van der Waals surface area contributed by atoms with Crippen molar-refractivity contribution in [2.45, 2.75) is 33.6 Å². The van der Waals surface area contributed by atoms with E-state index in [2.05, 4.69) is 22.4 Å². The van der Waals surface area contributed by atoms with Gasteiger partial charge >= 0.3 is 0 Å². The molecule has 7 heteroatoms. The lowest BCUT2D eigenvalue weighted by Crippen LogP contribution is -2.24. The molecule has 0 spiro atoms. The maximum absolute atomic E-state index is 12.1. The fraction of sp³-hybridized carbons (Fsp3) is 0.261. The smallest absolute Gasteiger partial charge is 0.249 e. The third kappa shape index (κ3) is 6.48. The zero-order chi connectivity index (χ0) is 22.1. The van der Waals surface area contributed by atoms with Crippen LogP contribution in [0.5, 0.6) is 11.5 Å². The van der Waals surface area contributed by atoms with Gasteiger partial charge in [-0.15, -0.1) is 6.58 Å². The number of benzene rings is 2. The quantitative estimate of drug-likeness (QED) is 0.255. The Bertz CT molecular complexity index is 967. The molecule has 0 aliphatic rings. The van der Waals surface area contributed by atoms with Gasteiger partial charge in [-0.05, 0) is 56.5 Å². The minimum absolute atomic E-state index is 0.0565. The Morgan fingerprint density at radius 2 is 1.97 bits per heavy atom. The van der Waals surface area contributed by atoms with Crippen LogP contribution in [0.3, 0.4) is 0 Å². The van der Waals surface area contributed by atoms with E-state index in [0.29, 0.717) is 35.6 Å². The SMILES string of the molecule is C=CCc1cc(C=NNC(=O)CC(=O)Nc2ccc(C)cc2C)cc(OCC)c1O. The van der Waals surface area contributed by atoms with Crippen LogP contribution in [0.1, 0.15) is 35.6 Å². The van der Waals surface area contributed by atoms with Crippen LogP contribution in [-0.4, -0.2) is 29.7 Å². The Morgan fingerprint density at radius 1 is 1.20 bits per heavy atom. The van der Waals surface area contributed by atoms with E-state index in [1.54, 1.807) is 24.3 Å². The largest absolute Gasteiger partial charge is 0.504 e. The summed E-state index contributed by atoms with van der Waals surface area (Å²) >= 11 is 0. The van der Waals surface area contributed by atoms with Gasteiger partial charge in [0.05, 0.1) is 12.8 Å². The molecule has 0 unspecified atom stereocenters. The Hall–Kier alpha value is -3.61. The number of aryl methyl sites for hydroxylation is 2. The van der Waals surface area contributed by atoms with Crippen molar-refractivity contribution < 1.29 is 19.4 Å². The Balaban J connectivity index is 1.98. The van der Waals surface area contributed by atoms with E-state index in [-0.39, 0.29) is 12.2 Å². The van der Waals surface area contributed by atoms with Crippen molar-refractivity contribution in [3.8, 4) is 11.5 Å². The number of phenolic OH excluding ortho intramolecular Hbond substituents is 1. The van der Waals surface area contributed by atoms with Gasteiger partial charge in [-0.3, -0.25) is 9.59 Å². The van der Waals surface area contributed by atoms with Crippen molar-refractivity contribution >= 4 is 23.7 Å². The van der Waals surface area contributed by atoms with Gasteiger partial charge in [-0.25, -0.2) is 5.43 Å². The highest BCUT2D eigenvalue weighted by molar-refractivity contribution is 6.04. The van der Waals surface area contributed by atoms with Crippen LogP contribution in [0.2, 0.25) is 0 Å². The zero-order valence-electron chi connectivity index (χ0n) is 17.5.